The maximum atomic E-state index is 12.9. The number of carbonyl (C=O) groups excluding carboxylic acids is 1. The first-order valence-electron chi connectivity index (χ1n) is 9.92. The summed E-state index contributed by atoms with van der Waals surface area (Å²) in [4.78, 5) is 22.8. The Hall–Kier alpha value is -4.56. The van der Waals surface area contributed by atoms with Crippen molar-refractivity contribution < 1.29 is 32.4 Å². The van der Waals surface area contributed by atoms with Gasteiger partial charge < -0.3 is 14.8 Å². The van der Waals surface area contributed by atoms with Gasteiger partial charge in [-0.3, -0.25) is 14.9 Å². The third kappa shape index (κ3) is 6.11. The number of rotatable bonds is 7. The number of anilines is 1. The number of halogens is 4. The number of nitro benzene ring substituents is 1. The number of nitrogens with zero attached hydrogens (tertiary/aromatic N) is 2. The van der Waals surface area contributed by atoms with Crippen molar-refractivity contribution in [3.05, 3.63) is 92.5 Å². The standard InChI is InChI=1S/C24H15ClF3N3O5/c1-35-22-11-14(10-15(13-29)23(32)30-18-5-3-2-4-17(18)25)6-8-21(22)36-20-9-7-16(24(26,27)28)12-19(20)31(33)34/h2-12H,1H3,(H,30,32)/b15-10+. The van der Waals surface area contributed by atoms with Gasteiger partial charge >= 0.3 is 11.9 Å². The van der Waals surface area contributed by atoms with Crippen LogP contribution in [0.5, 0.6) is 17.2 Å². The molecule has 12 heteroatoms. The lowest BCUT2D eigenvalue weighted by molar-refractivity contribution is -0.385. The average molecular weight is 518 g/mol. The number of nitriles is 1. The fraction of sp³-hybridized carbons (Fsp3) is 0.0833. The Morgan fingerprint density at radius 3 is 2.42 bits per heavy atom. The number of carbonyl (C=O) groups is 1. The molecule has 0 saturated carbocycles. The number of nitro groups is 1. The summed E-state index contributed by atoms with van der Waals surface area (Å²) in [6, 6.07) is 14.2. The zero-order valence-electron chi connectivity index (χ0n) is 18.3. The number of para-hydroxylation sites is 1. The van der Waals surface area contributed by atoms with Crippen LogP contribution in [-0.2, 0) is 11.0 Å². The topological polar surface area (TPSA) is 114 Å². The van der Waals surface area contributed by atoms with Crippen LogP contribution in [0, 0.1) is 21.4 Å². The Bertz CT molecular complexity index is 1400. The second-order valence-electron chi connectivity index (χ2n) is 7.05. The van der Waals surface area contributed by atoms with Gasteiger partial charge in [0.25, 0.3) is 5.91 Å². The van der Waals surface area contributed by atoms with Crippen LogP contribution >= 0.6 is 11.6 Å². The third-order valence-corrected chi connectivity index (χ3v) is 5.02. The summed E-state index contributed by atoms with van der Waals surface area (Å²) in [5.74, 6) is -1.16. The maximum Gasteiger partial charge on any atom is 0.416 e. The van der Waals surface area contributed by atoms with E-state index in [1.165, 1.54) is 31.4 Å². The fourth-order valence-corrected chi connectivity index (χ4v) is 3.15. The molecule has 0 atom stereocenters. The predicted molar refractivity (Wildman–Crippen MR) is 125 cm³/mol. The number of alkyl halides is 3. The van der Waals surface area contributed by atoms with Crippen LogP contribution in [0.4, 0.5) is 24.5 Å². The Balaban J connectivity index is 1.90. The van der Waals surface area contributed by atoms with Crippen molar-refractivity contribution in [2.24, 2.45) is 0 Å². The van der Waals surface area contributed by atoms with Gasteiger partial charge in [-0.15, -0.1) is 0 Å². The van der Waals surface area contributed by atoms with Crippen LogP contribution in [0.25, 0.3) is 6.08 Å². The monoisotopic (exact) mass is 517 g/mol. The number of hydrogen-bond donors (Lipinski definition) is 1. The molecular formula is C24H15ClF3N3O5. The van der Waals surface area contributed by atoms with Crippen LogP contribution in [0.2, 0.25) is 5.02 Å². The quantitative estimate of drug-likeness (QED) is 0.163. The molecule has 0 heterocycles. The zero-order chi connectivity index (χ0) is 26.5. The van der Waals surface area contributed by atoms with Crippen LogP contribution in [-0.4, -0.2) is 17.9 Å². The van der Waals surface area contributed by atoms with E-state index in [-0.39, 0.29) is 22.1 Å². The van der Waals surface area contributed by atoms with Crippen LogP contribution < -0.4 is 14.8 Å². The molecule has 0 aliphatic heterocycles. The summed E-state index contributed by atoms with van der Waals surface area (Å²) < 4.78 is 49.5. The van der Waals surface area contributed by atoms with E-state index in [0.29, 0.717) is 23.4 Å². The average Bonchev–Trinajstić information content (AvgIpc) is 2.84. The molecule has 1 amide bonds. The molecule has 3 rings (SSSR count). The molecule has 0 fully saturated rings. The molecule has 0 spiro atoms. The summed E-state index contributed by atoms with van der Waals surface area (Å²) in [7, 11) is 1.27. The second-order valence-corrected chi connectivity index (χ2v) is 7.46. The van der Waals surface area contributed by atoms with Gasteiger partial charge in [0.05, 0.1) is 28.3 Å². The van der Waals surface area contributed by atoms with Gasteiger partial charge in [0.1, 0.15) is 11.6 Å². The highest BCUT2D eigenvalue weighted by molar-refractivity contribution is 6.34. The zero-order valence-corrected chi connectivity index (χ0v) is 19.1. The minimum atomic E-state index is -4.77. The van der Waals surface area contributed by atoms with Crippen molar-refractivity contribution in [3.8, 4) is 23.3 Å². The molecule has 3 aromatic carbocycles. The molecule has 0 radical (unpaired) electrons. The van der Waals surface area contributed by atoms with Crippen LogP contribution in [0.3, 0.4) is 0 Å². The number of amides is 1. The van der Waals surface area contributed by atoms with Crippen molar-refractivity contribution in [1.29, 1.82) is 5.26 Å². The lowest BCUT2D eigenvalue weighted by Crippen LogP contribution is -2.13. The van der Waals surface area contributed by atoms with E-state index in [9.17, 15) is 33.3 Å². The van der Waals surface area contributed by atoms with Crippen molar-refractivity contribution in [3.63, 3.8) is 0 Å². The van der Waals surface area contributed by atoms with Crippen LogP contribution in [0.1, 0.15) is 11.1 Å². The molecule has 3 aromatic rings. The fourth-order valence-electron chi connectivity index (χ4n) is 2.97. The SMILES string of the molecule is COc1cc(/C=C(\C#N)C(=O)Nc2ccccc2Cl)ccc1Oc1ccc(C(F)(F)F)cc1[N+](=O)[O-]. The highest BCUT2D eigenvalue weighted by Crippen LogP contribution is 2.40. The van der Waals surface area contributed by atoms with Gasteiger partial charge in [-0.2, -0.15) is 18.4 Å². The summed E-state index contributed by atoms with van der Waals surface area (Å²) in [5, 5.41) is 23.5. The highest BCUT2D eigenvalue weighted by Gasteiger charge is 2.33. The first kappa shape index (κ1) is 26.1. The highest BCUT2D eigenvalue weighted by atomic mass is 35.5. The summed E-state index contributed by atoms with van der Waals surface area (Å²) >= 11 is 6.02. The molecule has 0 saturated heterocycles. The molecular weight excluding hydrogens is 503 g/mol. The van der Waals surface area contributed by atoms with Gasteiger partial charge in [0.15, 0.2) is 11.5 Å². The Morgan fingerprint density at radius 1 is 1.11 bits per heavy atom. The number of ether oxygens (including phenoxy) is 2. The molecule has 0 bridgehead atoms. The molecule has 1 N–H and O–H groups in total. The molecule has 0 aromatic heterocycles. The smallest absolute Gasteiger partial charge is 0.416 e. The first-order chi connectivity index (χ1) is 17.0. The summed E-state index contributed by atoms with van der Waals surface area (Å²) in [5.41, 5.74) is -1.70. The van der Waals surface area contributed by atoms with Gasteiger partial charge in [0.2, 0.25) is 5.75 Å². The minimum Gasteiger partial charge on any atom is -0.493 e. The van der Waals surface area contributed by atoms with E-state index in [1.54, 1.807) is 30.3 Å². The largest absolute Gasteiger partial charge is 0.493 e. The molecule has 8 nitrogen and oxygen atoms in total. The maximum absolute atomic E-state index is 12.9. The summed E-state index contributed by atoms with van der Waals surface area (Å²) in [6.07, 6.45) is -3.51. The Morgan fingerprint density at radius 2 is 1.81 bits per heavy atom. The van der Waals surface area contributed by atoms with Crippen molar-refractivity contribution >= 4 is 35.0 Å². The first-order valence-corrected chi connectivity index (χ1v) is 10.3. The van der Waals surface area contributed by atoms with E-state index < -0.39 is 34.0 Å². The van der Waals surface area contributed by atoms with Crippen molar-refractivity contribution in [1.82, 2.24) is 0 Å². The summed E-state index contributed by atoms with van der Waals surface area (Å²) in [6.45, 7) is 0. The van der Waals surface area contributed by atoms with Gasteiger partial charge in [-0.25, -0.2) is 0 Å². The predicted octanol–water partition coefficient (Wildman–Crippen LogP) is 6.61. The number of hydrogen-bond acceptors (Lipinski definition) is 6. The number of methoxy groups -OCH3 is 1. The molecule has 36 heavy (non-hydrogen) atoms. The van der Waals surface area contributed by atoms with Crippen LogP contribution in [0.15, 0.2) is 66.2 Å². The second kappa shape index (κ2) is 10.8. The molecule has 0 aliphatic carbocycles. The van der Waals surface area contributed by atoms with E-state index in [1.807, 2.05) is 0 Å². The van der Waals surface area contributed by atoms with Gasteiger partial charge in [-0.1, -0.05) is 29.8 Å². The molecule has 0 unspecified atom stereocenters. The normalized spacial score (nSPS) is 11.4. The van der Waals surface area contributed by atoms with E-state index in [4.69, 9.17) is 21.1 Å². The lowest BCUT2D eigenvalue weighted by Gasteiger charge is -2.13. The van der Waals surface area contributed by atoms with E-state index in [0.717, 1.165) is 6.07 Å². The number of benzene rings is 3. The number of nitrogens with one attached hydrogen (secondary N) is 1. The van der Waals surface area contributed by atoms with E-state index >= 15 is 0 Å². The van der Waals surface area contributed by atoms with Gasteiger partial charge in [0, 0.05) is 6.07 Å². The third-order valence-electron chi connectivity index (χ3n) is 4.69. The lowest BCUT2D eigenvalue weighted by atomic mass is 10.1. The van der Waals surface area contributed by atoms with E-state index in [2.05, 4.69) is 5.32 Å². The van der Waals surface area contributed by atoms with Crippen molar-refractivity contribution in [2.45, 2.75) is 6.18 Å². The Kier molecular flexibility index (Phi) is 7.81. The van der Waals surface area contributed by atoms with Crippen molar-refractivity contribution in [2.75, 3.05) is 12.4 Å². The van der Waals surface area contributed by atoms with Gasteiger partial charge in [-0.05, 0) is 48.0 Å². The Labute approximate surface area is 207 Å². The molecule has 0 aliphatic rings. The minimum absolute atomic E-state index is 0.0433. The molecule has 184 valence electrons.